The molecule has 0 unspecified atom stereocenters. The number of hydrogen-bond acceptors (Lipinski definition) is 3. The molecule has 1 aromatic rings. The minimum Gasteiger partial charge on any atom is -0.459 e. The molecule has 0 atom stereocenters. The van der Waals surface area contributed by atoms with Crippen molar-refractivity contribution in [3.63, 3.8) is 0 Å². The lowest BCUT2D eigenvalue weighted by atomic mass is 10.1. The van der Waals surface area contributed by atoms with Crippen LogP contribution >= 0.6 is 0 Å². The summed E-state index contributed by atoms with van der Waals surface area (Å²) in [6, 6.07) is 3.63. The molecule has 1 aromatic carbocycles. The van der Waals surface area contributed by atoms with Crippen LogP contribution in [0.2, 0.25) is 0 Å². The van der Waals surface area contributed by atoms with Crippen molar-refractivity contribution in [2.24, 2.45) is 0 Å². The fourth-order valence-corrected chi connectivity index (χ4v) is 1.15. The zero-order chi connectivity index (χ0) is 11.4. The maximum Gasteiger partial charge on any atom is 0.338 e. The predicted octanol–water partition coefficient (Wildman–Crippen LogP) is 1.88. The molecule has 0 bridgehead atoms. The Labute approximate surface area is 87.5 Å². The third kappa shape index (κ3) is 3.02. The topological polar surface area (TPSA) is 46.5 Å². The van der Waals surface area contributed by atoms with Gasteiger partial charge in [0.25, 0.3) is 0 Å². The van der Waals surface area contributed by atoms with Gasteiger partial charge in [0.15, 0.2) is 0 Å². The summed E-state index contributed by atoms with van der Waals surface area (Å²) in [5, 5.41) is 8.96. The van der Waals surface area contributed by atoms with Crippen LogP contribution in [-0.4, -0.2) is 17.2 Å². The average molecular weight is 212 g/mol. The first-order chi connectivity index (χ1) is 7.04. The van der Waals surface area contributed by atoms with E-state index in [9.17, 15) is 9.18 Å². The molecule has 0 saturated carbocycles. The Morgan fingerprint density at radius 2 is 2.20 bits per heavy atom. The van der Waals surface area contributed by atoms with E-state index < -0.39 is 11.8 Å². The second-order valence-electron chi connectivity index (χ2n) is 3.41. The Bertz CT molecular complexity index is 361. The van der Waals surface area contributed by atoms with E-state index in [1.165, 1.54) is 12.1 Å². The van der Waals surface area contributed by atoms with Gasteiger partial charge in [0.2, 0.25) is 0 Å². The standard InChI is InChI=1S/C11H13FO3/c1-7(2)15-11(14)10-5-9(12)4-3-8(10)6-13/h3-5,7,13H,6H2,1-2H3. The van der Waals surface area contributed by atoms with Crippen LogP contribution < -0.4 is 0 Å². The van der Waals surface area contributed by atoms with Crippen LogP contribution in [0.4, 0.5) is 4.39 Å². The number of aliphatic hydroxyl groups excluding tert-OH is 1. The minimum atomic E-state index is -0.617. The smallest absolute Gasteiger partial charge is 0.338 e. The van der Waals surface area contributed by atoms with Gasteiger partial charge in [-0.05, 0) is 31.5 Å². The van der Waals surface area contributed by atoms with E-state index in [1.807, 2.05) is 0 Å². The third-order valence-corrected chi connectivity index (χ3v) is 1.80. The van der Waals surface area contributed by atoms with E-state index in [-0.39, 0.29) is 18.3 Å². The highest BCUT2D eigenvalue weighted by Gasteiger charge is 2.14. The summed E-state index contributed by atoms with van der Waals surface area (Å²) < 4.78 is 17.8. The van der Waals surface area contributed by atoms with Crippen LogP contribution in [0.15, 0.2) is 18.2 Å². The molecule has 0 heterocycles. The fraction of sp³-hybridized carbons (Fsp3) is 0.364. The molecular weight excluding hydrogens is 199 g/mol. The quantitative estimate of drug-likeness (QED) is 0.778. The van der Waals surface area contributed by atoms with Crippen LogP contribution in [0, 0.1) is 5.82 Å². The SMILES string of the molecule is CC(C)OC(=O)c1cc(F)ccc1CO. The normalized spacial score (nSPS) is 10.5. The first kappa shape index (κ1) is 11.7. The lowest BCUT2D eigenvalue weighted by Crippen LogP contribution is -2.14. The van der Waals surface area contributed by atoms with Gasteiger partial charge in [-0.15, -0.1) is 0 Å². The zero-order valence-electron chi connectivity index (χ0n) is 8.66. The van der Waals surface area contributed by atoms with Gasteiger partial charge in [-0.2, -0.15) is 0 Å². The first-order valence-corrected chi connectivity index (χ1v) is 4.65. The highest BCUT2D eigenvalue weighted by atomic mass is 19.1. The summed E-state index contributed by atoms with van der Waals surface area (Å²) >= 11 is 0. The molecule has 0 aliphatic rings. The summed E-state index contributed by atoms with van der Waals surface area (Å²) in [5.74, 6) is -1.14. The van der Waals surface area contributed by atoms with Gasteiger partial charge in [-0.1, -0.05) is 6.07 Å². The van der Waals surface area contributed by atoms with Crippen LogP contribution in [0.1, 0.15) is 29.8 Å². The van der Waals surface area contributed by atoms with Gasteiger partial charge in [0.05, 0.1) is 18.3 Å². The summed E-state index contributed by atoms with van der Waals surface area (Å²) in [4.78, 5) is 11.5. The van der Waals surface area contributed by atoms with Crippen molar-refractivity contribution in [3.8, 4) is 0 Å². The molecule has 4 heteroatoms. The Morgan fingerprint density at radius 1 is 1.53 bits per heavy atom. The molecule has 0 amide bonds. The van der Waals surface area contributed by atoms with Crippen molar-refractivity contribution in [1.29, 1.82) is 0 Å². The molecule has 0 radical (unpaired) electrons. The molecule has 0 saturated heterocycles. The predicted molar refractivity (Wildman–Crippen MR) is 52.9 cm³/mol. The second-order valence-corrected chi connectivity index (χ2v) is 3.41. The molecule has 1 N–H and O–H groups in total. The van der Waals surface area contributed by atoms with Crippen molar-refractivity contribution in [2.75, 3.05) is 0 Å². The first-order valence-electron chi connectivity index (χ1n) is 4.65. The van der Waals surface area contributed by atoms with Gasteiger partial charge in [-0.25, -0.2) is 9.18 Å². The highest BCUT2D eigenvalue weighted by Crippen LogP contribution is 2.13. The number of hydrogen-bond donors (Lipinski definition) is 1. The van der Waals surface area contributed by atoms with Crippen molar-refractivity contribution >= 4 is 5.97 Å². The van der Waals surface area contributed by atoms with E-state index in [0.717, 1.165) is 6.07 Å². The maximum absolute atomic E-state index is 12.9. The number of rotatable bonds is 3. The van der Waals surface area contributed by atoms with E-state index in [1.54, 1.807) is 13.8 Å². The number of ether oxygens (including phenoxy) is 1. The Kier molecular flexibility index (Phi) is 3.80. The maximum atomic E-state index is 12.9. The van der Waals surface area contributed by atoms with Crippen molar-refractivity contribution in [1.82, 2.24) is 0 Å². The molecule has 3 nitrogen and oxygen atoms in total. The Morgan fingerprint density at radius 3 is 2.73 bits per heavy atom. The van der Waals surface area contributed by atoms with E-state index in [0.29, 0.717) is 5.56 Å². The lowest BCUT2D eigenvalue weighted by molar-refractivity contribution is 0.0374. The van der Waals surface area contributed by atoms with Gasteiger partial charge in [0, 0.05) is 0 Å². The summed E-state index contributed by atoms with van der Waals surface area (Å²) in [7, 11) is 0. The number of esters is 1. The van der Waals surface area contributed by atoms with E-state index in [4.69, 9.17) is 9.84 Å². The van der Waals surface area contributed by atoms with Gasteiger partial charge in [0.1, 0.15) is 5.82 Å². The summed E-state index contributed by atoms with van der Waals surface area (Å²) in [6.07, 6.45) is -0.271. The van der Waals surface area contributed by atoms with Crippen LogP contribution in [0.3, 0.4) is 0 Å². The minimum absolute atomic E-state index is 0.0752. The van der Waals surface area contributed by atoms with E-state index >= 15 is 0 Å². The molecule has 0 aromatic heterocycles. The molecule has 0 aliphatic heterocycles. The molecule has 1 rings (SSSR count). The van der Waals surface area contributed by atoms with E-state index in [2.05, 4.69) is 0 Å². The number of halogens is 1. The molecular formula is C11H13FO3. The highest BCUT2D eigenvalue weighted by molar-refractivity contribution is 5.91. The molecule has 15 heavy (non-hydrogen) atoms. The van der Waals surface area contributed by atoms with Gasteiger partial charge < -0.3 is 9.84 Å². The summed E-state index contributed by atoms with van der Waals surface area (Å²) in [5.41, 5.74) is 0.438. The average Bonchev–Trinajstić information content (AvgIpc) is 2.16. The van der Waals surface area contributed by atoms with Crippen molar-refractivity contribution in [2.45, 2.75) is 26.6 Å². The fourth-order valence-electron chi connectivity index (χ4n) is 1.15. The number of carbonyl (C=O) groups excluding carboxylic acids is 1. The Balaban J connectivity index is 3.00. The number of carbonyl (C=O) groups is 1. The molecule has 0 fully saturated rings. The second kappa shape index (κ2) is 4.89. The van der Waals surface area contributed by atoms with Gasteiger partial charge >= 0.3 is 5.97 Å². The largest absolute Gasteiger partial charge is 0.459 e. The molecule has 0 spiro atoms. The monoisotopic (exact) mass is 212 g/mol. The third-order valence-electron chi connectivity index (χ3n) is 1.80. The van der Waals surface area contributed by atoms with Crippen LogP contribution in [-0.2, 0) is 11.3 Å². The number of benzene rings is 1. The van der Waals surface area contributed by atoms with Crippen LogP contribution in [0.25, 0.3) is 0 Å². The van der Waals surface area contributed by atoms with Crippen LogP contribution in [0.5, 0.6) is 0 Å². The van der Waals surface area contributed by atoms with Crippen molar-refractivity contribution < 1.29 is 19.0 Å². The van der Waals surface area contributed by atoms with Crippen molar-refractivity contribution in [3.05, 3.63) is 35.1 Å². The number of aliphatic hydroxyl groups is 1. The lowest BCUT2D eigenvalue weighted by Gasteiger charge is -2.10. The Hall–Kier alpha value is -1.42. The van der Waals surface area contributed by atoms with Gasteiger partial charge in [-0.3, -0.25) is 0 Å². The zero-order valence-corrected chi connectivity index (χ0v) is 8.66. The summed E-state index contributed by atoms with van der Waals surface area (Å²) in [6.45, 7) is 3.09. The molecule has 82 valence electrons. The molecule has 0 aliphatic carbocycles.